The van der Waals surface area contributed by atoms with Crippen molar-refractivity contribution in [2.75, 3.05) is 13.2 Å². The van der Waals surface area contributed by atoms with Crippen LogP contribution in [-0.2, 0) is 22.3 Å². The van der Waals surface area contributed by atoms with Gasteiger partial charge in [0.05, 0.1) is 31.4 Å². The van der Waals surface area contributed by atoms with E-state index in [1.165, 1.54) is 12.2 Å². The van der Waals surface area contributed by atoms with Crippen molar-refractivity contribution < 1.29 is 35.8 Å². The van der Waals surface area contributed by atoms with Gasteiger partial charge in [0.15, 0.2) is 0 Å². The first-order valence-electron chi connectivity index (χ1n) is 15.2. The van der Waals surface area contributed by atoms with Gasteiger partial charge in [-0.05, 0) is 61.1 Å². The van der Waals surface area contributed by atoms with E-state index in [4.69, 9.17) is 9.47 Å². The van der Waals surface area contributed by atoms with Crippen LogP contribution in [0.15, 0.2) is 115 Å². The zero-order valence-corrected chi connectivity index (χ0v) is 26.8. The maximum Gasteiger partial charge on any atom is 0.380 e. The molecule has 0 bridgehead atoms. The third-order valence-corrected chi connectivity index (χ3v) is 13.0. The Labute approximate surface area is 275 Å². The van der Waals surface area contributed by atoms with Crippen molar-refractivity contribution in [3.63, 3.8) is 0 Å². The summed E-state index contributed by atoms with van der Waals surface area (Å²) in [5.41, 5.74) is -1.10. The fourth-order valence-corrected chi connectivity index (χ4v) is 10.2. The second-order valence-electron chi connectivity index (χ2n) is 12.8. The van der Waals surface area contributed by atoms with Crippen LogP contribution in [0, 0.1) is 0 Å². The second-order valence-corrected chi connectivity index (χ2v) is 15.7. The third-order valence-electron chi connectivity index (χ3n) is 9.80. The molecule has 0 amide bonds. The third kappa shape index (κ3) is 4.32. The van der Waals surface area contributed by atoms with Crippen molar-refractivity contribution in [2.24, 2.45) is 9.98 Å². The molecule has 0 N–H and O–H groups in total. The van der Waals surface area contributed by atoms with Crippen LogP contribution in [0.1, 0.15) is 25.0 Å². The van der Waals surface area contributed by atoms with Gasteiger partial charge in [-0.2, -0.15) is 26.3 Å². The van der Waals surface area contributed by atoms with Gasteiger partial charge in [0, 0.05) is 11.1 Å². The molecule has 4 nitrogen and oxygen atoms in total. The molecule has 0 saturated heterocycles. The average molecular weight is 687 g/mol. The predicted octanol–water partition coefficient (Wildman–Crippen LogP) is 8.37. The van der Waals surface area contributed by atoms with Gasteiger partial charge in [0.2, 0.25) is 11.8 Å². The van der Waals surface area contributed by atoms with Gasteiger partial charge >= 0.3 is 17.8 Å². The van der Waals surface area contributed by atoms with Crippen LogP contribution in [0.25, 0.3) is 0 Å². The number of alkyl halides is 6. The fourth-order valence-electron chi connectivity index (χ4n) is 7.20. The SMILES string of the molecule is CC12SC(C3=N[C@@H](Cc4ccccc4)CO3)=CC1=C1C(=C3C=C(C4=N[C@@H](Cc5ccccc5)CO4)SC32C)C(F)(F)C(F)(F)C1(F)F. The van der Waals surface area contributed by atoms with Crippen molar-refractivity contribution in [1.82, 2.24) is 0 Å². The monoisotopic (exact) mass is 686 g/mol. The molecule has 2 aliphatic carbocycles. The fraction of sp³-hybridized carbons (Fsp3) is 0.371. The first kappa shape index (κ1) is 30.9. The van der Waals surface area contributed by atoms with Crippen LogP contribution >= 0.6 is 23.5 Å². The van der Waals surface area contributed by atoms with Crippen LogP contribution in [0.2, 0.25) is 0 Å². The highest BCUT2D eigenvalue weighted by Crippen LogP contribution is 2.74. The summed E-state index contributed by atoms with van der Waals surface area (Å²) in [7, 11) is 0. The number of hydrogen-bond donors (Lipinski definition) is 0. The number of nitrogens with zero attached hydrogens (tertiary/aromatic N) is 2. The van der Waals surface area contributed by atoms with Crippen LogP contribution in [-0.4, -0.2) is 64.4 Å². The number of halogens is 6. The lowest BCUT2D eigenvalue weighted by Gasteiger charge is -2.47. The number of benzene rings is 2. The summed E-state index contributed by atoms with van der Waals surface area (Å²) in [6.07, 6.45) is 3.76. The maximum absolute atomic E-state index is 15.7. The van der Waals surface area contributed by atoms with E-state index < -0.39 is 38.4 Å². The molecule has 0 radical (unpaired) electrons. The molecular formula is C35H28F6N2O2S2. The lowest BCUT2D eigenvalue weighted by molar-refractivity contribution is -0.258. The lowest BCUT2D eigenvalue weighted by Crippen LogP contribution is -2.49. The van der Waals surface area contributed by atoms with E-state index in [0.29, 0.717) is 22.7 Å². The zero-order chi connectivity index (χ0) is 33.0. The highest BCUT2D eigenvalue weighted by Gasteiger charge is 2.84. The van der Waals surface area contributed by atoms with Crippen LogP contribution in [0.5, 0.6) is 0 Å². The Kier molecular flexibility index (Phi) is 6.78. The summed E-state index contributed by atoms with van der Waals surface area (Å²) in [6, 6.07) is 18.8. The molecule has 2 aromatic carbocycles. The number of aliphatic imine (C=N–C) groups is 2. The highest BCUT2D eigenvalue weighted by atomic mass is 32.2. The van der Waals surface area contributed by atoms with Gasteiger partial charge in [0.1, 0.15) is 13.2 Å². The Hall–Kier alpha value is -3.38. The molecule has 2 unspecified atom stereocenters. The largest absolute Gasteiger partial charge is 0.475 e. The van der Waals surface area contributed by atoms with E-state index in [2.05, 4.69) is 9.98 Å². The molecule has 12 heteroatoms. The molecule has 4 heterocycles. The van der Waals surface area contributed by atoms with E-state index in [-0.39, 0.29) is 48.2 Å². The van der Waals surface area contributed by atoms with Gasteiger partial charge in [0.25, 0.3) is 0 Å². The van der Waals surface area contributed by atoms with E-state index in [1.807, 2.05) is 60.7 Å². The summed E-state index contributed by atoms with van der Waals surface area (Å²) in [6.45, 7) is 3.76. The topological polar surface area (TPSA) is 43.2 Å². The molecule has 4 aliphatic heterocycles. The van der Waals surface area contributed by atoms with Crippen molar-refractivity contribution >= 4 is 35.3 Å². The zero-order valence-electron chi connectivity index (χ0n) is 25.2. The number of hydrogen-bond acceptors (Lipinski definition) is 6. The van der Waals surface area contributed by atoms with Gasteiger partial charge in [-0.15, -0.1) is 23.5 Å². The maximum atomic E-state index is 15.7. The van der Waals surface area contributed by atoms with Crippen LogP contribution in [0.4, 0.5) is 26.3 Å². The minimum atomic E-state index is -5.64. The number of ether oxygens (including phenoxy) is 2. The lowest BCUT2D eigenvalue weighted by atomic mass is 9.71. The Morgan fingerprint density at radius 2 is 1.02 bits per heavy atom. The number of rotatable bonds is 6. The predicted molar refractivity (Wildman–Crippen MR) is 172 cm³/mol. The summed E-state index contributed by atoms with van der Waals surface area (Å²) < 4.78 is 102. The van der Waals surface area contributed by atoms with E-state index in [0.717, 1.165) is 34.7 Å². The van der Waals surface area contributed by atoms with E-state index in [1.54, 1.807) is 13.8 Å². The molecule has 2 aromatic rings. The van der Waals surface area contributed by atoms with Gasteiger partial charge in [-0.25, -0.2) is 9.98 Å². The van der Waals surface area contributed by atoms with Gasteiger partial charge in [-0.3, -0.25) is 0 Å². The van der Waals surface area contributed by atoms with Crippen molar-refractivity contribution in [3.05, 3.63) is 116 Å². The highest BCUT2D eigenvalue weighted by molar-refractivity contribution is 8.10. The first-order valence-corrected chi connectivity index (χ1v) is 16.8. The smallest absolute Gasteiger partial charge is 0.380 e. The van der Waals surface area contributed by atoms with Crippen LogP contribution in [0.3, 0.4) is 0 Å². The average Bonchev–Trinajstić information content (AvgIpc) is 3.84. The Bertz CT molecular complexity index is 1740. The molecule has 8 rings (SSSR count). The first-order chi connectivity index (χ1) is 22.3. The van der Waals surface area contributed by atoms with E-state index in [9.17, 15) is 0 Å². The summed E-state index contributed by atoms with van der Waals surface area (Å²) in [5, 5.41) is 0. The van der Waals surface area contributed by atoms with Crippen molar-refractivity contribution in [1.29, 1.82) is 0 Å². The Morgan fingerprint density at radius 1 is 0.638 bits per heavy atom. The standard InChI is InChI=1S/C35H28F6N2O2S2/c1-31-23(15-25(46-31)29-42-21(17-44-29)13-19-9-5-3-6-10-19)27-28(34(38,39)35(40,41)33(27,36)37)24-16-26(47-32(24,31)2)30-43-22(18-45-30)14-20-11-7-4-8-12-20/h3-12,15-16,21-22H,13-14,17-18H2,1-2H3/t21-,22-,31?,32?/m0/s1. The summed E-state index contributed by atoms with van der Waals surface area (Å²) in [5.74, 6) is -15.5. The second kappa shape index (κ2) is 10.3. The Morgan fingerprint density at radius 3 is 1.40 bits per heavy atom. The van der Waals surface area contributed by atoms with Gasteiger partial charge < -0.3 is 9.47 Å². The summed E-state index contributed by atoms with van der Waals surface area (Å²) in [4.78, 5) is 10.1. The molecular weight excluding hydrogens is 659 g/mol. The van der Waals surface area contributed by atoms with Crippen molar-refractivity contribution in [2.45, 2.75) is 66.0 Å². The van der Waals surface area contributed by atoms with Gasteiger partial charge in [-0.1, -0.05) is 60.7 Å². The van der Waals surface area contributed by atoms with E-state index >= 15 is 26.3 Å². The number of allylic oxidation sites excluding steroid dienone is 4. The number of thioether (sulfide) groups is 2. The number of fused-ring (bicyclic) bond motifs is 4. The molecule has 244 valence electrons. The van der Waals surface area contributed by atoms with Crippen LogP contribution < -0.4 is 0 Å². The Balaban J connectivity index is 1.20. The molecule has 47 heavy (non-hydrogen) atoms. The molecule has 0 aromatic heterocycles. The normalized spacial score (nSPS) is 32.6. The molecule has 6 aliphatic rings. The quantitative estimate of drug-likeness (QED) is 0.287. The molecule has 1 fully saturated rings. The molecule has 1 saturated carbocycles. The minimum absolute atomic E-state index is 0.189. The minimum Gasteiger partial charge on any atom is -0.475 e. The molecule has 4 atom stereocenters. The molecule has 0 spiro atoms. The van der Waals surface area contributed by atoms with Crippen molar-refractivity contribution in [3.8, 4) is 0 Å². The summed E-state index contributed by atoms with van der Waals surface area (Å²) >= 11 is 2.26.